The van der Waals surface area contributed by atoms with Gasteiger partial charge in [-0.05, 0) is 65.5 Å². The van der Waals surface area contributed by atoms with Crippen molar-refractivity contribution >= 4 is 33.5 Å². The van der Waals surface area contributed by atoms with E-state index in [1.54, 1.807) is 17.7 Å². The van der Waals surface area contributed by atoms with Gasteiger partial charge in [-0.25, -0.2) is 14.8 Å². The Hall–Kier alpha value is -2.71. The largest absolute Gasteiger partial charge is 0.444 e. The fraction of sp³-hybridized carbons (Fsp3) is 0.552. The zero-order valence-corrected chi connectivity index (χ0v) is 23.3. The molecule has 0 N–H and O–H groups in total. The van der Waals surface area contributed by atoms with Gasteiger partial charge < -0.3 is 19.4 Å². The fourth-order valence-corrected chi connectivity index (χ4v) is 6.59. The summed E-state index contributed by atoms with van der Waals surface area (Å²) >= 11 is 1.69. The van der Waals surface area contributed by atoms with Crippen molar-refractivity contribution in [3.63, 3.8) is 0 Å². The highest BCUT2D eigenvalue weighted by Gasteiger charge is 2.33. The van der Waals surface area contributed by atoms with Crippen molar-refractivity contribution in [2.75, 3.05) is 38.1 Å². The van der Waals surface area contributed by atoms with Crippen molar-refractivity contribution in [2.45, 2.75) is 70.6 Å². The predicted octanol–water partition coefficient (Wildman–Crippen LogP) is 6.05. The molecule has 1 amide bonds. The number of amides is 1. The van der Waals surface area contributed by atoms with E-state index >= 15 is 0 Å². The number of hydrogen-bond acceptors (Lipinski definition) is 7. The average Bonchev–Trinajstić information content (AvgIpc) is 3.54. The summed E-state index contributed by atoms with van der Waals surface area (Å²) in [7, 11) is 2.24. The van der Waals surface area contributed by atoms with Gasteiger partial charge in [-0.15, -0.1) is 11.3 Å². The second-order valence-electron chi connectivity index (χ2n) is 11.4. The van der Waals surface area contributed by atoms with Gasteiger partial charge in [0.25, 0.3) is 0 Å². The molecule has 8 heteroatoms. The molecule has 0 aliphatic carbocycles. The number of carbonyl (C=O) groups is 1. The van der Waals surface area contributed by atoms with Gasteiger partial charge in [0.1, 0.15) is 22.6 Å². The van der Waals surface area contributed by atoms with Crippen molar-refractivity contribution in [1.82, 2.24) is 19.8 Å². The minimum atomic E-state index is -0.449. The number of piperidine rings is 1. The SMILES string of the molecule is CN(CCC1CCCN1C(=O)OC(C)(C)C)C1CCN(c2ncnc3scc(-c4ccccc4)c23)CC1. The third-order valence-electron chi connectivity index (χ3n) is 7.64. The van der Waals surface area contributed by atoms with E-state index in [4.69, 9.17) is 9.72 Å². The van der Waals surface area contributed by atoms with Crippen molar-refractivity contribution < 1.29 is 9.53 Å². The highest BCUT2D eigenvalue weighted by atomic mass is 32.1. The quantitative estimate of drug-likeness (QED) is 0.394. The molecule has 1 atom stereocenters. The maximum atomic E-state index is 12.7. The van der Waals surface area contributed by atoms with Crippen LogP contribution in [0.15, 0.2) is 42.0 Å². The summed E-state index contributed by atoms with van der Waals surface area (Å²) in [6, 6.07) is 11.4. The number of rotatable bonds is 6. The summed E-state index contributed by atoms with van der Waals surface area (Å²) in [4.78, 5) is 29.9. The third-order valence-corrected chi connectivity index (χ3v) is 8.53. The molecule has 3 aromatic rings. The third kappa shape index (κ3) is 5.91. The molecule has 0 radical (unpaired) electrons. The molecule has 7 nitrogen and oxygen atoms in total. The molecule has 37 heavy (non-hydrogen) atoms. The second kappa shape index (κ2) is 11.0. The summed E-state index contributed by atoms with van der Waals surface area (Å²) in [6.07, 6.45) is 6.88. The number of carbonyl (C=O) groups excluding carboxylic acids is 1. The predicted molar refractivity (Wildman–Crippen MR) is 151 cm³/mol. The topological polar surface area (TPSA) is 61.8 Å². The monoisotopic (exact) mass is 521 g/mol. The lowest BCUT2D eigenvalue weighted by molar-refractivity contribution is 0.0211. The van der Waals surface area contributed by atoms with Gasteiger partial charge in [-0.1, -0.05) is 30.3 Å². The number of likely N-dealkylation sites (tertiary alicyclic amines) is 1. The fourth-order valence-electron chi connectivity index (χ4n) is 5.68. The molecule has 0 spiro atoms. The molecule has 0 bridgehead atoms. The van der Waals surface area contributed by atoms with Crippen LogP contribution in [0, 0.1) is 0 Å². The normalized spacial score (nSPS) is 19.2. The van der Waals surface area contributed by atoms with E-state index in [9.17, 15) is 4.79 Å². The Balaban J connectivity index is 1.19. The van der Waals surface area contributed by atoms with Gasteiger partial charge in [0.15, 0.2) is 0 Å². The summed E-state index contributed by atoms with van der Waals surface area (Å²) in [6.45, 7) is 9.57. The van der Waals surface area contributed by atoms with E-state index in [0.717, 1.165) is 68.9 Å². The van der Waals surface area contributed by atoms with Gasteiger partial charge in [-0.3, -0.25) is 0 Å². The molecule has 1 unspecified atom stereocenters. The number of thiophene rings is 1. The average molecular weight is 522 g/mol. The Morgan fingerprint density at radius 2 is 1.86 bits per heavy atom. The number of benzene rings is 1. The van der Waals surface area contributed by atoms with Gasteiger partial charge >= 0.3 is 6.09 Å². The number of ether oxygens (including phenoxy) is 1. The molecule has 198 valence electrons. The summed E-state index contributed by atoms with van der Waals surface area (Å²) in [5.41, 5.74) is 1.99. The lowest BCUT2D eigenvalue weighted by Gasteiger charge is -2.38. The van der Waals surface area contributed by atoms with Crippen molar-refractivity contribution in [2.24, 2.45) is 0 Å². The molecule has 2 aromatic heterocycles. The minimum absolute atomic E-state index is 0.162. The number of fused-ring (bicyclic) bond motifs is 1. The summed E-state index contributed by atoms with van der Waals surface area (Å²) in [5.74, 6) is 1.06. The standard InChI is InChI=1S/C29H39N5O2S/c1-29(2,3)36-28(35)34-15-8-11-23(34)12-16-32(4)22-13-17-33(18-14-22)26-25-24(21-9-6-5-7-10-21)19-37-27(25)31-20-30-26/h5-7,9-10,19-20,22-23H,8,11-18H2,1-4H3. The van der Waals surface area contributed by atoms with Crippen LogP contribution in [-0.2, 0) is 4.74 Å². The Bertz CT molecular complexity index is 1200. The van der Waals surface area contributed by atoms with E-state index < -0.39 is 5.60 Å². The molecule has 2 aliphatic heterocycles. The molecule has 5 rings (SSSR count). The van der Waals surface area contributed by atoms with Crippen LogP contribution in [0.25, 0.3) is 21.3 Å². The van der Waals surface area contributed by atoms with Crippen LogP contribution in [0.1, 0.15) is 52.9 Å². The summed E-state index contributed by atoms with van der Waals surface area (Å²) in [5, 5.41) is 3.39. The first-order chi connectivity index (χ1) is 17.8. The molecule has 0 saturated carbocycles. The lowest BCUT2D eigenvalue weighted by atomic mass is 10.0. The van der Waals surface area contributed by atoms with Crippen molar-refractivity contribution in [3.8, 4) is 11.1 Å². The van der Waals surface area contributed by atoms with Crippen LogP contribution >= 0.6 is 11.3 Å². The molecular formula is C29H39N5O2S. The first-order valence-corrected chi connectivity index (χ1v) is 14.4. The lowest BCUT2D eigenvalue weighted by Crippen LogP contribution is -2.45. The van der Waals surface area contributed by atoms with E-state index in [-0.39, 0.29) is 12.1 Å². The van der Waals surface area contributed by atoms with Crippen LogP contribution in [-0.4, -0.2) is 76.8 Å². The van der Waals surface area contributed by atoms with Crippen LogP contribution in [0.5, 0.6) is 0 Å². The Labute approximate surface area is 224 Å². The Morgan fingerprint density at radius 1 is 1.11 bits per heavy atom. The van der Waals surface area contributed by atoms with E-state index in [1.165, 1.54) is 16.5 Å². The zero-order valence-electron chi connectivity index (χ0n) is 22.5. The first kappa shape index (κ1) is 25.9. The van der Waals surface area contributed by atoms with Gasteiger partial charge in [0, 0.05) is 49.2 Å². The number of nitrogens with zero attached hydrogens (tertiary/aromatic N) is 5. The van der Waals surface area contributed by atoms with Crippen molar-refractivity contribution in [1.29, 1.82) is 0 Å². The van der Waals surface area contributed by atoms with Gasteiger partial charge in [-0.2, -0.15) is 0 Å². The van der Waals surface area contributed by atoms with E-state index in [0.29, 0.717) is 6.04 Å². The first-order valence-electron chi connectivity index (χ1n) is 13.5. The van der Waals surface area contributed by atoms with Crippen LogP contribution < -0.4 is 4.90 Å². The summed E-state index contributed by atoms with van der Waals surface area (Å²) < 4.78 is 5.65. The van der Waals surface area contributed by atoms with E-state index in [2.05, 4.69) is 57.5 Å². The number of hydrogen-bond donors (Lipinski definition) is 0. The van der Waals surface area contributed by atoms with Crippen LogP contribution in [0.2, 0.25) is 0 Å². The molecule has 2 aliphatic rings. The van der Waals surface area contributed by atoms with Crippen LogP contribution in [0.3, 0.4) is 0 Å². The van der Waals surface area contributed by atoms with Crippen molar-refractivity contribution in [3.05, 3.63) is 42.0 Å². The smallest absolute Gasteiger partial charge is 0.410 e. The highest BCUT2D eigenvalue weighted by Crippen LogP contribution is 2.38. The number of anilines is 1. The molecule has 1 aromatic carbocycles. The zero-order chi connectivity index (χ0) is 26.0. The maximum absolute atomic E-state index is 12.7. The Kier molecular flexibility index (Phi) is 7.67. The van der Waals surface area contributed by atoms with Crippen LogP contribution in [0.4, 0.5) is 10.6 Å². The molecule has 2 fully saturated rings. The van der Waals surface area contributed by atoms with E-state index in [1.807, 2.05) is 25.7 Å². The molecule has 4 heterocycles. The number of aromatic nitrogens is 2. The maximum Gasteiger partial charge on any atom is 0.410 e. The second-order valence-corrected chi connectivity index (χ2v) is 12.2. The minimum Gasteiger partial charge on any atom is -0.444 e. The molecule has 2 saturated heterocycles. The highest BCUT2D eigenvalue weighted by molar-refractivity contribution is 7.17. The van der Waals surface area contributed by atoms with Gasteiger partial charge in [0.05, 0.1) is 5.39 Å². The Morgan fingerprint density at radius 3 is 2.59 bits per heavy atom. The molecular weight excluding hydrogens is 482 g/mol. The van der Waals surface area contributed by atoms with Gasteiger partial charge in [0.2, 0.25) is 0 Å².